The molecule has 2 rings (SSSR count). The molecule has 0 saturated carbocycles. The van der Waals surface area contributed by atoms with Crippen LogP contribution in [0.1, 0.15) is 51.3 Å². The first-order valence-electron chi connectivity index (χ1n) is 7.60. The van der Waals surface area contributed by atoms with Crippen LogP contribution in [0.15, 0.2) is 42.0 Å². The zero-order valence-corrected chi connectivity index (χ0v) is 14.0. The monoisotopic (exact) mass is 268 g/mol. The molecular weight excluding hydrogens is 240 g/mol. The average molecular weight is 268 g/mol. The molecule has 20 heavy (non-hydrogen) atoms. The van der Waals surface area contributed by atoms with Gasteiger partial charge in [-0.1, -0.05) is 82.2 Å². The summed E-state index contributed by atoms with van der Waals surface area (Å²) in [6, 6.07) is 6.92. The lowest BCUT2D eigenvalue weighted by Crippen LogP contribution is -2.25. The molecule has 0 amide bonds. The molecule has 0 heterocycles. The lowest BCUT2D eigenvalue weighted by Gasteiger charge is -2.31. The van der Waals surface area contributed by atoms with E-state index in [2.05, 4.69) is 84.9 Å². The van der Waals surface area contributed by atoms with E-state index < -0.39 is 0 Å². The third-order valence-electron chi connectivity index (χ3n) is 4.51. The molecule has 0 fully saturated rings. The number of hydrogen-bond donors (Lipinski definition) is 0. The molecule has 1 aromatic rings. The fourth-order valence-electron chi connectivity index (χ4n) is 3.00. The van der Waals surface area contributed by atoms with Crippen molar-refractivity contribution in [1.82, 2.24) is 0 Å². The Bertz CT molecular complexity index is 542. The predicted molar refractivity (Wildman–Crippen MR) is 89.1 cm³/mol. The molecule has 1 atom stereocenters. The molecule has 0 heteroatoms. The van der Waals surface area contributed by atoms with E-state index >= 15 is 0 Å². The highest BCUT2D eigenvalue weighted by Gasteiger charge is 2.32. The molecule has 1 aromatic carbocycles. The Morgan fingerprint density at radius 3 is 1.85 bits per heavy atom. The molecular formula is C20H28. The maximum atomic E-state index is 2.46. The first-order chi connectivity index (χ1) is 9.10. The minimum Gasteiger partial charge on any atom is -0.0764 e. The van der Waals surface area contributed by atoms with Crippen molar-refractivity contribution in [2.45, 2.75) is 53.9 Å². The second-order valence-electron chi connectivity index (χ2n) is 7.85. The molecule has 0 aliphatic heterocycles. The Morgan fingerprint density at radius 1 is 0.850 bits per heavy atom. The molecule has 0 N–H and O–H groups in total. The fourth-order valence-corrected chi connectivity index (χ4v) is 3.00. The Morgan fingerprint density at radius 2 is 1.40 bits per heavy atom. The maximum Gasteiger partial charge on any atom is 0.00475 e. The van der Waals surface area contributed by atoms with Crippen molar-refractivity contribution in [3.63, 3.8) is 0 Å². The summed E-state index contributed by atoms with van der Waals surface area (Å²) in [6.45, 7) is 16.0. The zero-order valence-electron chi connectivity index (χ0n) is 14.0. The Labute approximate surface area is 124 Å². The van der Waals surface area contributed by atoms with E-state index in [1.807, 2.05) is 0 Å². The van der Waals surface area contributed by atoms with E-state index in [4.69, 9.17) is 0 Å². The first kappa shape index (κ1) is 15.1. The van der Waals surface area contributed by atoms with Gasteiger partial charge in [0, 0.05) is 5.92 Å². The van der Waals surface area contributed by atoms with Gasteiger partial charge in [-0.05, 0) is 35.8 Å². The van der Waals surface area contributed by atoms with Crippen molar-refractivity contribution in [1.29, 1.82) is 0 Å². The van der Waals surface area contributed by atoms with Crippen molar-refractivity contribution < 1.29 is 0 Å². The summed E-state index contributed by atoms with van der Waals surface area (Å²) < 4.78 is 0. The topological polar surface area (TPSA) is 0 Å². The molecule has 1 aliphatic carbocycles. The van der Waals surface area contributed by atoms with Crippen LogP contribution in [0, 0.1) is 25.2 Å². The lowest BCUT2D eigenvalue weighted by atomic mass is 9.73. The third kappa shape index (κ3) is 2.90. The molecule has 0 aromatic heterocycles. The van der Waals surface area contributed by atoms with Crippen molar-refractivity contribution in [2.75, 3.05) is 0 Å². The fraction of sp³-hybridized carbons (Fsp3) is 0.500. The van der Waals surface area contributed by atoms with Crippen LogP contribution in [0.25, 0.3) is 0 Å². The summed E-state index contributed by atoms with van der Waals surface area (Å²) in [5.41, 5.74) is 5.99. The van der Waals surface area contributed by atoms with E-state index in [0.29, 0.717) is 5.92 Å². The highest BCUT2D eigenvalue weighted by molar-refractivity contribution is 5.41. The standard InChI is InChI=1S/C20H28/c1-14-10-15(2)12-18(11-14)20(6,7)17-9-8-16(13-17)19(3,4)5/h8-13,17H,1-7H3. The molecule has 0 saturated heterocycles. The van der Waals surface area contributed by atoms with Gasteiger partial charge in [-0.15, -0.1) is 0 Å². The molecule has 0 bridgehead atoms. The van der Waals surface area contributed by atoms with Crippen molar-refractivity contribution >= 4 is 0 Å². The Kier molecular flexibility index (Phi) is 3.71. The van der Waals surface area contributed by atoms with E-state index in [1.54, 1.807) is 0 Å². The quantitative estimate of drug-likeness (QED) is 0.641. The minimum atomic E-state index is 0.139. The van der Waals surface area contributed by atoms with Gasteiger partial charge in [-0.2, -0.15) is 0 Å². The van der Waals surface area contributed by atoms with Crippen LogP contribution in [0.2, 0.25) is 0 Å². The van der Waals surface area contributed by atoms with Crippen LogP contribution in [0.5, 0.6) is 0 Å². The SMILES string of the molecule is Cc1cc(C)cc(C(C)(C)C2C=CC(C(C)(C)C)=C2)c1. The molecule has 1 unspecified atom stereocenters. The second kappa shape index (κ2) is 4.91. The maximum absolute atomic E-state index is 2.46. The predicted octanol–water partition coefficient (Wildman–Crippen LogP) is 5.74. The van der Waals surface area contributed by atoms with Gasteiger partial charge in [-0.25, -0.2) is 0 Å². The smallest absolute Gasteiger partial charge is 0.00475 e. The molecule has 0 radical (unpaired) electrons. The van der Waals surface area contributed by atoms with Gasteiger partial charge in [0.1, 0.15) is 0 Å². The highest BCUT2D eigenvalue weighted by atomic mass is 14.4. The Hall–Kier alpha value is -1.30. The van der Waals surface area contributed by atoms with Crippen LogP contribution >= 0.6 is 0 Å². The van der Waals surface area contributed by atoms with Crippen LogP contribution in [0.3, 0.4) is 0 Å². The van der Waals surface area contributed by atoms with E-state index in [-0.39, 0.29) is 10.8 Å². The van der Waals surface area contributed by atoms with Gasteiger partial charge in [0.15, 0.2) is 0 Å². The Balaban J connectivity index is 2.37. The van der Waals surface area contributed by atoms with Gasteiger partial charge in [0.05, 0.1) is 0 Å². The zero-order chi connectivity index (χ0) is 15.1. The van der Waals surface area contributed by atoms with Gasteiger partial charge in [0.25, 0.3) is 0 Å². The van der Waals surface area contributed by atoms with E-state index in [1.165, 1.54) is 22.3 Å². The minimum absolute atomic E-state index is 0.139. The van der Waals surface area contributed by atoms with Gasteiger partial charge < -0.3 is 0 Å². The number of benzene rings is 1. The third-order valence-corrected chi connectivity index (χ3v) is 4.51. The van der Waals surface area contributed by atoms with E-state index in [0.717, 1.165) is 0 Å². The summed E-state index contributed by atoms with van der Waals surface area (Å²) >= 11 is 0. The van der Waals surface area contributed by atoms with Crippen molar-refractivity contribution in [3.8, 4) is 0 Å². The summed E-state index contributed by atoms with van der Waals surface area (Å²) in [6.07, 6.45) is 7.14. The summed E-state index contributed by atoms with van der Waals surface area (Å²) in [4.78, 5) is 0. The average Bonchev–Trinajstić information content (AvgIpc) is 2.76. The van der Waals surface area contributed by atoms with Crippen molar-refractivity contribution in [2.24, 2.45) is 11.3 Å². The molecule has 108 valence electrons. The lowest BCUT2D eigenvalue weighted by molar-refractivity contribution is 0.442. The number of rotatable bonds is 2. The molecule has 0 spiro atoms. The normalized spacial score (nSPS) is 19.4. The van der Waals surface area contributed by atoms with Crippen LogP contribution in [-0.4, -0.2) is 0 Å². The highest BCUT2D eigenvalue weighted by Crippen LogP contribution is 2.41. The number of aryl methyl sites for hydroxylation is 2. The summed E-state index contributed by atoms with van der Waals surface area (Å²) in [5, 5.41) is 0. The summed E-state index contributed by atoms with van der Waals surface area (Å²) in [5.74, 6) is 0.484. The van der Waals surface area contributed by atoms with Gasteiger partial charge >= 0.3 is 0 Å². The molecule has 1 aliphatic rings. The largest absolute Gasteiger partial charge is 0.0764 e. The summed E-state index contributed by atoms with van der Waals surface area (Å²) in [7, 11) is 0. The van der Waals surface area contributed by atoms with Gasteiger partial charge in [0.2, 0.25) is 0 Å². The van der Waals surface area contributed by atoms with Crippen molar-refractivity contribution in [3.05, 3.63) is 58.7 Å². The first-order valence-corrected chi connectivity index (χ1v) is 7.60. The molecule has 0 nitrogen and oxygen atoms in total. The van der Waals surface area contributed by atoms with E-state index in [9.17, 15) is 0 Å². The number of hydrogen-bond acceptors (Lipinski definition) is 0. The van der Waals surface area contributed by atoms with Crippen LogP contribution in [0.4, 0.5) is 0 Å². The second-order valence-corrected chi connectivity index (χ2v) is 7.85. The van der Waals surface area contributed by atoms with Gasteiger partial charge in [-0.3, -0.25) is 0 Å². The van der Waals surface area contributed by atoms with Crippen LogP contribution < -0.4 is 0 Å². The number of allylic oxidation sites excluding steroid dienone is 4. The van der Waals surface area contributed by atoms with Crippen LogP contribution in [-0.2, 0) is 5.41 Å².